The highest BCUT2D eigenvalue weighted by atomic mass is 35.5. The first-order chi connectivity index (χ1) is 15.9. The van der Waals surface area contributed by atoms with E-state index in [1.54, 1.807) is 36.4 Å². The van der Waals surface area contributed by atoms with Crippen LogP contribution >= 0.6 is 23.2 Å². The quantitative estimate of drug-likeness (QED) is 0.293. The van der Waals surface area contributed by atoms with Crippen molar-refractivity contribution in [3.05, 3.63) is 75.5 Å². The summed E-state index contributed by atoms with van der Waals surface area (Å²) >= 11 is 12.6. The average molecular weight is 490 g/mol. The minimum absolute atomic E-state index is 0.186. The maximum Gasteiger partial charge on any atom is 0.343 e. The Morgan fingerprint density at radius 3 is 1.76 bits per heavy atom. The lowest BCUT2D eigenvalue weighted by Gasteiger charge is -2.14. The summed E-state index contributed by atoms with van der Waals surface area (Å²) in [7, 11) is 6.03. The van der Waals surface area contributed by atoms with Gasteiger partial charge in [0.1, 0.15) is 5.76 Å². The lowest BCUT2D eigenvalue weighted by molar-refractivity contribution is 0.0693. The molecule has 0 aliphatic rings. The van der Waals surface area contributed by atoms with Crippen molar-refractivity contribution in [2.24, 2.45) is 0 Å². The Hall–Kier alpha value is -3.42. The van der Waals surface area contributed by atoms with E-state index in [0.717, 1.165) is 0 Å². The summed E-state index contributed by atoms with van der Waals surface area (Å²) in [6.07, 6.45) is 4.45. The molecule has 0 aliphatic carbocycles. The number of rotatable bonds is 8. The summed E-state index contributed by atoms with van der Waals surface area (Å²) in [5, 5.41) is 0.588. The van der Waals surface area contributed by atoms with Gasteiger partial charge in [0.15, 0.2) is 23.0 Å². The van der Waals surface area contributed by atoms with Gasteiger partial charge >= 0.3 is 5.97 Å². The lowest BCUT2D eigenvalue weighted by Crippen LogP contribution is -2.06. The van der Waals surface area contributed by atoms with E-state index in [4.69, 9.17) is 46.9 Å². The first-order valence-corrected chi connectivity index (χ1v) is 10.3. The van der Waals surface area contributed by atoms with E-state index in [0.29, 0.717) is 44.2 Å². The van der Waals surface area contributed by atoms with Crippen molar-refractivity contribution in [1.29, 1.82) is 0 Å². The maximum atomic E-state index is 13.0. The largest absolute Gasteiger partial charge is 0.493 e. The number of aromatic nitrogens is 1. The predicted octanol–water partition coefficient (Wildman–Crippen LogP) is 5.78. The first-order valence-electron chi connectivity index (χ1n) is 9.59. The Kier molecular flexibility index (Phi) is 8.03. The SMILES string of the molecule is COc1ccc(C(=O)O/C(=C\c2c(Cl)cncc2Cl)c2ccc(OC)c(OC)c2)cc1OC. The molecule has 0 radical (unpaired) electrons. The van der Waals surface area contributed by atoms with Crippen LogP contribution in [0.15, 0.2) is 48.8 Å². The van der Waals surface area contributed by atoms with E-state index in [1.165, 1.54) is 46.9 Å². The molecule has 1 heterocycles. The molecule has 0 fully saturated rings. The Morgan fingerprint density at radius 1 is 0.758 bits per heavy atom. The lowest BCUT2D eigenvalue weighted by atomic mass is 10.1. The Bertz CT molecular complexity index is 1180. The number of benzene rings is 2. The molecule has 0 saturated heterocycles. The van der Waals surface area contributed by atoms with Crippen LogP contribution in [0.4, 0.5) is 0 Å². The molecule has 2 aromatic carbocycles. The van der Waals surface area contributed by atoms with E-state index >= 15 is 0 Å². The second-order valence-electron chi connectivity index (χ2n) is 6.55. The molecule has 0 unspecified atom stereocenters. The highest BCUT2D eigenvalue weighted by molar-refractivity contribution is 6.37. The topological polar surface area (TPSA) is 76.1 Å². The third-order valence-electron chi connectivity index (χ3n) is 4.66. The Morgan fingerprint density at radius 2 is 1.24 bits per heavy atom. The monoisotopic (exact) mass is 489 g/mol. The smallest absolute Gasteiger partial charge is 0.343 e. The second kappa shape index (κ2) is 10.9. The number of methoxy groups -OCH3 is 4. The minimum atomic E-state index is -0.627. The van der Waals surface area contributed by atoms with Crippen molar-refractivity contribution in [2.45, 2.75) is 0 Å². The van der Waals surface area contributed by atoms with Crippen LogP contribution in [0.5, 0.6) is 23.0 Å². The zero-order valence-electron chi connectivity index (χ0n) is 18.3. The van der Waals surface area contributed by atoms with E-state index < -0.39 is 5.97 Å². The van der Waals surface area contributed by atoms with Crippen LogP contribution in [0.25, 0.3) is 11.8 Å². The van der Waals surface area contributed by atoms with Gasteiger partial charge in [-0.15, -0.1) is 0 Å². The van der Waals surface area contributed by atoms with Gasteiger partial charge in [-0.1, -0.05) is 23.2 Å². The molecule has 3 aromatic rings. The van der Waals surface area contributed by atoms with E-state index in [-0.39, 0.29) is 11.3 Å². The van der Waals surface area contributed by atoms with Crippen molar-refractivity contribution >= 4 is 41.0 Å². The summed E-state index contributed by atoms with van der Waals surface area (Å²) in [6.45, 7) is 0. The van der Waals surface area contributed by atoms with Crippen molar-refractivity contribution in [1.82, 2.24) is 4.98 Å². The third kappa shape index (κ3) is 5.50. The summed E-state index contributed by atoms with van der Waals surface area (Å²) in [4.78, 5) is 17.0. The molecule has 3 rings (SSSR count). The Balaban J connectivity index is 2.08. The van der Waals surface area contributed by atoms with Crippen LogP contribution < -0.4 is 18.9 Å². The van der Waals surface area contributed by atoms with Gasteiger partial charge in [-0.3, -0.25) is 4.98 Å². The summed E-state index contributed by atoms with van der Waals surface area (Å²) in [5.74, 6) is 1.41. The highest BCUT2D eigenvalue weighted by Crippen LogP contribution is 2.35. The molecule has 9 heteroatoms. The molecule has 33 heavy (non-hydrogen) atoms. The number of carbonyl (C=O) groups excluding carboxylic acids is 1. The van der Waals surface area contributed by atoms with Crippen LogP contribution in [0.1, 0.15) is 21.5 Å². The fourth-order valence-corrected chi connectivity index (χ4v) is 3.45. The number of esters is 1. The summed E-state index contributed by atoms with van der Waals surface area (Å²) in [5.41, 5.74) is 1.23. The molecule has 0 N–H and O–H groups in total. The third-order valence-corrected chi connectivity index (χ3v) is 5.26. The number of pyridine rings is 1. The fourth-order valence-electron chi connectivity index (χ4n) is 2.97. The number of halogens is 2. The molecule has 0 bridgehead atoms. The fraction of sp³-hybridized carbons (Fsp3) is 0.167. The summed E-state index contributed by atoms with van der Waals surface area (Å²) in [6, 6.07) is 9.81. The standard InChI is InChI=1S/C24H21Cl2NO6/c1-29-19-7-5-14(9-22(19)31-3)21(11-16-17(25)12-27-13-18(16)26)33-24(28)15-6-8-20(30-2)23(10-15)32-4/h5-13H,1-4H3/b21-11-. The van der Waals surface area contributed by atoms with Gasteiger partial charge in [0.2, 0.25) is 0 Å². The predicted molar refractivity (Wildman–Crippen MR) is 127 cm³/mol. The van der Waals surface area contributed by atoms with Crippen LogP contribution in [0.2, 0.25) is 10.0 Å². The van der Waals surface area contributed by atoms with E-state index in [2.05, 4.69) is 4.98 Å². The van der Waals surface area contributed by atoms with Gasteiger partial charge in [0.05, 0.1) is 44.0 Å². The molecular formula is C24H21Cl2NO6. The van der Waals surface area contributed by atoms with Gasteiger partial charge in [0, 0.05) is 23.5 Å². The molecule has 0 saturated carbocycles. The number of nitrogens with zero attached hydrogens (tertiary/aromatic N) is 1. The van der Waals surface area contributed by atoms with E-state index in [9.17, 15) is 4.79 Å². The second-order valence-corrected chi connectivity index (χ2v) is 7.37. The molecule has 7 nitrogen and oxygen atoms in total. The maximum absolute atomic E-state index is 13.0. The van der Waals surface area contributed by atoms with Crippen molar-refractivity contribution in [2.75, 3.05) is 28.4 Å². The van der Waals surface area contributed by atoms with Crippen molar-refractivity contribution < 1.29 is 28.5 Å². The first kappa shape index (κ1) is 24.2. The number of hydrogen-bond donors (Lipinski definition) is 0. The molecule has 0 aliphatic heterocycles. The molecule has 0 spiro atoms. The number of hydrogen-bond acceptors (Lipinski definition) is 7. The van der Waals surface area contributed by atoms with Gasteiger partial charge < -0.3 is 23.7 Å². The zero-order valence-corrected chi connectivity index (χ0v) is 19.9. The normalized spacial score (nSPS) is 11.0. The van der Waals surface area contributed by atoms with E-state index in [1.807, 2.05) is 0 Å². The van der Waals surface area contributed by atoms with Crippen LogP contribution in [-0.2, 0) is 4.74 Å². The van der Waals surface area contributed by atoms with Crippen LogP contribution in [-0.4, -0.2) is 39.4 Å². The van der Waals surface area contributed by atoms with Crippen LogP contribution in [0.3, 0.4) is 0 Å². The minimum Gasteiger partial charge on any atom is -0.493 e. The zero-order chi connectivity index (χ0) is 24.0. The van der Waals surface area contributed by atoms with Crippen LogP contribution in [0, 0.1) is 0 Å². The highest BCUT2D eigenvalue weighted by Gasteiger charge is 2.18. The molecule has 1 aromatic heterocycles. The van der Waals surface area contributed by atoms with Crippen molar-refractivity contribution in [3.63, 3.8) is 0 Å². The molecule has 172 valence electrons. The molecule has 0 amide bonds. The van der Waals surface area contributed by atoms with Gasteiger partial charge in [0.25, 0.3) is 0 Å². The summed E-state index contributed by atoms with van der Waals surface area (Å²) < 4.78 is 27.0. The number of ether oxygens (including phenoxy) is 5. The Labute approximate surface area is 201 Å². The average Bonchev–Trinajstić information content (AvgIpc) is 2.84. The molecule has 0 atom stereocenters. The number of carbonyl (C=O) groups is 1. The van der Waals surface area contributed by atoms with Gasteiger partial charge in [-0.05, 0) is 42.5 Å². The van der Waals surface area contributed by atoms with Gasteiger partial charge in [-0.25, -0.2) is 4.79 Å². The van der Waals surface area contributed by atoms with Crippen molar-refractivity contribution in [3.8, 4) is 23.0 Å². The van der Waals surface area contributed by atoms with Gasteiger partial charge in [-0.2, -0.15) is 0 Å². The molecular weight excluding hydrogens is 469 g/mol.